The molecule has 2 fully saturated rings. The first-order valence-electron chi connectivity index (χ1n) is 7.38. The van der Waals surface area contributed by atoms with Gasteiger partial charge in [0.05, 0.1) is 24.4 Å². The van der Waals surface area contributed by atoms with E-state index in [1.54, 1.807) is 6.92 Å². The van der Waals surface area contributed by atoms with Crippen molar-refractivity contribution >= 4 is 0 Å². The Balaban J connectivity index is 2.08. The molecule has 0 aromatic heterocycles. The molecule has 1 heterocycles. The van der Waals surface area contributed by atoms with E-state index in [9.17, 15) is 35.7 Å². The molecule has 130 valence electrons. The molecule has 2 rings (SSSR count). The van der Waals surface area contributed by atoms with Crippen molar-refractivity contribution in [3.63, 3.8) is 0 Å². The smallest absolute Gasteiger partial charge is 0.183 e. The average Bonchev–Trinajstić information content (AvgIpc) is 2.49. The summed E-state index contributed by atoms with van der Waals surface area (Å²) < 4.78 is 5.10. The molecule has 8 N–H and O–H groups in total. The van der Waals surface area contributed by atoms with E-state index in [1.165, 1.54) is 0 Å². The lowest BCUT2D eigenvalue weighted by molar-refractivity contribution is -0.256. The van der Waals surface area contributed by atoms with Gasteiger partial charge in [-0.05, 0) is 13.3 Å². The van der Waals surface area contributed by atoms with Gasteiger partial charge in [0, 0.05) is 18.6 Å². The van der Waals surface area contributed by atoms with Gasteiger partial charge in [-0.3, -0.25) is 0 Å². The monoisotopic (exact) mass is 323 g/mol. The summed E-state index contributed by atoms with van der Waals surface area (Å²) in [5, 5.41) is 70.9. The molecule has 0 amide bonds. The van der Waals surface area contributed by atoms with E-state index in [2.05, 4.69) is 5.32 Å². The molecule has 1 aliphatic carbocycles. The van der Waals surface area contributed by atoms with Gasteiger partial charge in [0.15, 0.2) is 6.29 Å². The Bertz CT molecular complexity index is 370. The van der Waals surface area contributed by atoms with Crippen LogP contribution < -0.4 is 5.32 Å². The molecule has 22 heavy (non-hydrogen) atoms. The summed E-state index contributed by atoms with van der Waals surface area (Å²) in [6.07, 6.45) is -8.80. The van der Waals surface area contributed by atoms with Crippen LogP contribution in [0.25, 0.3) is 0 Å². The Hall–Kier alpha value is -0.360. The molecule has 0 spiro atoms. The molecule has 2 aliphatic rings. The Kier molecular flexibility index (Phi) is 5.75. The fourth-order valence-electron chi connectivity index (χ4n) is 3.20. The molecule has 0 bridgehead atoms. The molecular formula is C13H25NO8. The molecule has 0 aromatic carbocycles. The minimum absolute atomic E-state index is 0.171. The van der Waals surface area contributed by atoms with Crippen LogP contribution in [0.2, 0.25) is 0 Å². The Labute approximate surface area is 127 Å². The summed E-state index contributed by atoms with van der Waals surface area (Å²) in [5.41, 5.74) is 0. The van der Waals surface area contributed by atoms with Gasteiger partial charge in [-0.1, -0.05) is 0 Å². The third-order valence-corrected chi connectivity index (χ3v) is 4.66. The maximum Gasteiger partial charge on any atom is 0.183 e. The van der Waals surface area contributed by atoms with Gasteiger partial charge >= 0.3 is 0 Å². The number of aliphatic hydroxyl groups excluding tert-OH is 7. The van der Waals surface area contributed by atoms with Crippen molar-refractivity contribution in [1.29, 1.82) is 0 Å². The van der Waals surface area contributed by atoms with E-state index in [4.69, 9.17) is 4.74 Å². The predicted molar refractivity (Wildman–Crippen MR) is 72.5 cm³/mol. The van der Waals surface area contributed by atoms with Crippen molar-refractivity contribution in [3.8, 4) is 0 Å². The lowest BCUT2D eigenvalue weighted by Gasteiger charge is -2.45. The number of hydrogen-bond acceptors (Lipinski definition) is 9. The van der Waals surface area contributed by atoms with Crippen LogP contribution in [0.3, 0.4) is 0 Å². The van der Waals surface area contributed by atoms with Crippen LogP contribution in [0.4, 0.5) is 0 Å². The third-order valence-electron chi connectivity index (χ3n) is 4.66. The van der Waals surface area contributed by atoms with Gasteiger partial charge in [-0.2, -0.15) is 0 Å². The fourth-order valence-corrected chi connectivity index (χ4v) is 3.20. The van der Waals surface area contributed by atoms with Crippen molar-refractivity contribution in [2.24, 2.45) is 5.92 Å². The third kappa shape index (κ3) is 3.28. The van der Waals surface area contributed by atoms with E-state index >= 15 is 0 Å². The highest BCUT2D eigenvalue weighted by atomic mass is 16.6. The standard InChI is InChI=1S/C13H25NO8/c1-4-7(10(18)12(20)13(21)22-4)14-6-2-5(3-15)8(16)11(19)9(6)17/h4-21H,2-3H2,1H3/t4-,5+,6+,7-,8-,9+,10+,11+,12-,13+/m1/s1. The van der Waals surface area contributed by atoms with Crippen molar-refractivity contribution in [1.82, 2.24) is 5.32 Å². The van der Waals surface area contributed by atoms with Crippen LogP contribution >= 0.6 is 0 Å². The van der Waals surface area contributed by atoms with Crippen molar-refractivity contribution in [3.05, 3.63) is 0 Å². The summed E-state index contributed by atoms with van der Waals surface area (Å²) >= 11 is 0. The highest BCUT2D eigenvalue weighted by Crippen LogP contribution is 2.28. The topological polar surface area (TPSA) is 163 Å². The fraction of sp³-hybridized carbons (Fsp3) is 1.00. The van der Waals surface area contributed by atoms with Gasteiger partial charge in [-0.25, -0.2) is 0 Å². The second kappa shape index (κ2) is 7.04. The first kappa shape index (κ1) is 18.0. The van der Waals surface area contributed by atoms with Crippen molar-refractivity contribution in [2.75, 3.05) is 6.61 Å². The quantitative estimate of drug-likeness (QED) is 0.258. The first-order chi connectivity index (χ1) is 10.3. The van der Waals surface area contributed by atoms with Gasteiger partial charge in [0.25, 0.3) is 0 Å². The second-order valence-electron chi connectivity index (χ2n) is 6.16. The second-order valence-corrected chi connectivity index (χ2v) is 6.16. The molecular weight excluding hydrogens is 298 g/mol. The van der Waals surface area contributed by atoms with Crippen molar-refractivity contribution in [2.45, 2.75) is 68.3 Å². The van der Waals surface area contributed by atoms with E-state index in [-0.39, 0.29) is 13.0 Å². The zero-order chi connectivity index (χ0) is 16.6. The van der Waals surface area contributed by atoms with Crippen LogP contribution in [0.15, 0.2) is 0 Å². The molecule has 0 unspecified atom stereocenters. The van der Waals surface area contributed by atoms with Crippen molar-refractivity contribution < 1.29 is 40.5 Å². The lowest BCUT2D eigenvalue weighted by atomic mass is 9.79. The molecule has 9 nitrogen and oxygen atoms in total. The molecule has 9 heteroatoms. The van der Waals surface area contributed by atoms with E-state index in [0.717, 1.165) is 0 Å². The summed E-state index contributed by atoms with van der Waals surface area (Å²) in [7, 11) is 0. The molecule has 1 aliphatic heterocycles. The van der Waals surface area contributed by atoms with Gasteiger partial charge in [0.2, 0.25) is 0 Å². The highest BCUT2D eigenvalue weighted by molar-refractivity contribution is 5.00. The molecule has 10 atom stereocenters. The Morgan fingerprint density at radius 2 is 1.55 bits per heavy atom. The Morgan fingerprint density at radius 3 is 2.14 bits per heavy atom. The SMILES string of the molecule is C[C@H]1O[C@H](O)[C@H](O)[C@@H](O)[C@@H]1N[C@H]1C[C@@H](CO)[C@@H](O)[C@H](O)[C@H]1O. The van der Waals surface area contributed by atoms with Gasteiger partial charge < -0.3 is 45.8 Å². The van der Waals surface area contributed by atoms with Gasteiger partial charge in [0.1, 0.15) is 18.3 Å². The summed E-state index contributed by atoms with van der Waals surface area (Å²) in [6, 6.07) is -1.51. The molecule has 1 saturated carbocycles. The highest BCUT2D eigenvalue weighted by Gasteiger charge is 2.47. The van der Waals surface area contributed by atoms with E-state index in [1.807, 2.05) is 0 Å². The number of nitrogens with one attached hydrogen (secondary N) is 1. The summed E-state index contributed by atoms with van der Waals surface area (Å²) in [6.45, 7) is 1.23. The zero-order valence-electron chi connectivity index (χ0n) is 12.2. The normalized spacial score (nSPS) is 53.5. The van der Waals surface area contributed by atoms with Gasteiger partial charge in [-0.15, -0.1) is 0 Å². The minimum Gasteiger partial charge on any atom is -0.396 e. The largest absolute Gasteiger partial charge is 0.396 e. The number of aliphatic hydroxyl groups is 7. The van der Waals surface area contributed by atoms with E-state index < -0.39 is 60.9 Å². The summed E-state index contributed by atoms with van der Waals surface area (Å²) in [5.74, 6) is -0.622. The molecule has 1 saturated heterocycles. The number of hydrogen-bond donors (Lipinski definition) is 8. The van der Waals surface area contributed by atoms with Crippen LogP contribution in [-0.4, -0.2) is 97.4 Å². The average molecular weight is 323 g/mol. The molecule has 0 aromatic rings. The first-order valence-corrected chi connectivity index (χ1v) is 7.38. The lowest BCUT2D eigenvalue weighted by Crippen LogP contribution is -2.67. The van der Waals surface area contributed by atoms with Crippen LogP contribution in [0, 0.1) is 5.92 Å². The minimum atomic E-state index is -1.50. The zero-order valence-corrected chi connectivity index (χ0v) is 12.2. The van der Waals surface area contributed by atoms with E-state index in [0.29, 0.717) is 0 Å². The predicted octanol–water partition coefficient (Wildman–Crippen LogP) is -4.13. The number of rotatable bonds is 3. The maximum atomic E-state index is 10.1. The summed E-state index contributed by atoms with van der Waals surface area (Å²) in [4.78, 5) is 0. The van der Waals surface area contributed by atoms with Crippen LogP contribution in [0.5, 0.6) is 0 Å². The van der Waals surface area contributed by atoms with Crippen LogP contribution in [-0.2, 0) is 4.74 Å². The number of ether oxygens (including phenoxy) is 1. The maximum absolute atomic E-state index is 10.1. The van der Waals surface area contributed by atoms with Crippen LogP contribution in [0.1, 0.15) is 13.3 Å². The Morgan fingerprint density at radius 1 is 0.909 bits per heavy atom. The molecule has 0 radical (unpaired) electrons.